The van der Waals surface area contributed by atoms with E-state index in [2.05, 4.69) is 13.8 Å². The van der Waals surface area contributed by atoms with E-state index >= 15 is 0 Å². The molecule has 0 aromatic rings. The Morgan fingerprint density at radius 2 is 2.06 bits per heavy atom. The van der Waals surface area contributed by atoms with E-state index < -0.39 is 5.60 Å². The van der Waals surface area contributed by atoms with Crippen LogP contribution >= 0.6 is 0 Å². The molecule has 1 heterocycles. The van der Waals surface area contributed by atoms with Crippen molar-refractivity contribution in [3.63, 3.8) is 0 Å². The van der Waals surface area contributed by atoms with Crippen LogP contribution in [0, 0.1) is 5.41 Å². The van der Waals surface area contributed by atoms with Crippen molar-refractivity contribution in [2.45, 2.75) is 52.7 Å². The Hall–Kier alpha value is -0.770. The predicted octanol–water partition coefficient (Wildman–Crippen LogP) is 2.01. The van der Waals surface area contributed by atoms with Gasteiger partial charge in [0, 0.05) is 6.54 Å². The van der Waals surface area contributed by atoms with Crippen LogP contribution < -0.4 is 0 Å². The van der Waals surface area contributed by atoms with Gasteiger partial charge in [-0.3, -0.25) is 0 Å². The summed E-state index contributed by atoms with van der Waals surface area (Å²) in [6, 6.07) is -0.107. The maximum Gasteiger partial charge on any atom is 0.410 e. The molecule has 1 aliphatic rings. The first-order valence-corrected chi connectivity index (χ1v) is 5.75. The molecule has 1 amide bonds. The summed E-state index contributed by atoms with van der Waals surface area (Å²) >= 11 is 0. The SMILES string of the molecule is CC1(C)C[C@H](CO)N(C(=O)OC(C)(C)C)C1. The third-order valence-corrected chi connectivity index (χ3v) is 2.67. The summed E-state index contributed by atoms with van der Waals surface area (Å²) in [5.41, 5.74) is -0.422. The van der Waals surface area contributed by atoms with Crippen molar-refractivity contribution in [2.24, 2.45) is 5.41 Å². The second-order valence-corrected chi connectivity index (χ2v) is 6.31. The van der Waals surface area contributed by atoms with Crippen molar-refractivity contribution in [1.29, 1.82) is 0 Å². The van der Waals surface area contributed by atoms with Gasteiger partial charge >= 0.3 is 6.09 Å². The molecule has 1 rings (SSSR count). The second-order valence-electron chi connectivity index (χ2n) is 6.31. The molecule has 1 N–H and O–H groups in total. The van der Waals surface area contributed by atoms with E-state index in [-0.39, 0.29) is 24.2 Å². The van der Waals surface area contributed by atoms with E-state index in [1.165, 1.54) is 0 Å². The molecule has 16 heavy (non-hydrogen) atoms. The summed E-state index contributed by atoms with van der Waals surface area (Å²) < 4.78 is 5.32. The molecule has 1 fully saturated rings. The third-order valence-electron chi connectivity index (χ3n) is 2.67. The fourth-order valence-corrected chi connectivity index (χ4v) is 2.10. The molecule has 0 aromatic heterocycles. The lowest BCUT2D eigenvalue weighted by molar-refractivity contribution is 0.0167. The molecule has 4 nitrogen and oxygen atoms in total. The molecule has 0 bridgehead atoms. The van der Waals surface area contributed by atoms with Gasteiger partial charge in [0.2, 0.25) is 0 Å². The summed E-state index contributed by atoms with van der Waals surface area (Å²) in [6.45, 7) is 10.4. The minimum absolute atomic E-state index is 0.00265. The topological polar surface area (TPSA) is 49.8 Å². The minimum atomic E-state index is -0.482. The van der Waals surface area contributed by atoms with Crippen LogP contribution in [0.15, 0.2) is 0 Å². The van der Waals surface area contributed by atoms with Gasteiger partial charge in [0.1, 0.15) is 5.60 Å². The molecule has 4 heteroatoms. The number of carbonyl (C=O) groups excluding carboxylic acids is 1. The molecule has 0 aliphatic carbocycles. The van der Waals surface area contributed by atoms with E-state index in [1.807, 2.05) is 20.8 Å². The Morgan fingerprint density at radius 1 is 1.50 bits per heavy atom. The first kappa shape index (κ1) is 13.3. The van der Waals surface area contributed by atoms with Crippen LogP contribution in [0.25, 0.3) is 0 Å². The van der Waals surface area contributed by atoms with Crippen molar-refractivity contribution >= 4 is 6.09 Å². The molecule has 0 radical (unpaired) electrons. The zero-order chi connectivity index (χ0) is 12.6. The summed E-state index contributed by atoms with van der Waals surface area (Å²) in [4.78, 5) is 13.6. The molecule has 94 valence electrons. The highest BCUT2D eigenvalue weighted by molar-refractivity contribution is 5.69. The van der Waals surface area contributed by atoms with E-state index in [9.17, 15) is 9.90 Å². The minimum Gasteiger partial charge on any atom is -0.444 e. The van der Waals surface area contributed by atoms with E-state index in [1.54, 1.807) is 4.90 Å². The smallest absolute Gasteiger partial charge is 0.410 e. The molecular weight excluding hydrogens is 206 g/mol. The van der Waals surface area contributed by atoms with Crippen LogP contribution in [-0.2, 0) is 4.74 Å². The maximum absolute atomic E-state index is 11.9. The number of hydrogen-bond acceptors (Lipinski definition) is 3. The first-order valence-electron chi connectivity index (χ1n) is 5.75. The number of aliphatic hydroxyl groups is 1. The van der Waals surface area contributed by atoms with E-state index in [4.69, 9.17) is 4.74 Å². The summed E-state index contributed by atoms with van der Waals surface area (Å²) in [7, 11) is 0. The number of amides is 1. The van der Waals surface area contributed by atoms with E-state index in [0.717, 1.165) is 6.42 Å². The fourth-order valence-electron chi connectivity index (χ4n) is 2.10. The number of nitrogens with zero attached hydrogens (tertiary/aromatic N) is 1. The Bertz CT molecular complexity index is 268. The highest BCUT2D eigenvalue weighted by Gasteiger charge is 2.41. The zero-order valence-corrected chi connectivity index (χ0v) is 10.9. The third kappa shape index (κ3) is 3.37. The van der Waals surface area contributed by atoms with Crippen molar-refractivity contribution in [3.8, 4) is 0 Å². The highest BCUT2D eigenvalue weighted by Crippen LogP contribution is 2.34. The highest BCUT2D eigenvalue weighted by atomic mass is 16.6. The van der Waals surface area contributed by atoms with Gasteiger partial charge < -0.3 is 14.7 Å². The lowest BCUT2D eigenvalue weighted by Crippen LogP contribution is -2.41. The Kier molecular flexibility index (Phi) is 3.53. The van der Waals surface area contributed by atoms with Gasteiger partial charge in [0.05, 0.1) is 12.6 Å². The average Bonchev–Trinajstić information content (AvgIpc) is 2.38. The van der Waals surface area contributed by atoms with Gasteiger partial charge in [-0.05, 0) is 32.6 Å². The molecule has 1 aliphatic heterocycles. The summed E-state index contributed by atoms with van der Waals surface area (Å²) in [6.07, 6.45) is 0.500. The van der Waals surface area contributed by atoms with Gasteiger partial charge in [-0.2, -0.15) is 0 Å². The number of carbonyl (C=O) groups is 1. The lowest BCUT2D eigenvalue weighted by Gasteiger charge is -2.28. The van der Waals surface area contributed by atoms with Crippen LogP contribution in [-0.4, -0.2) is 40.9 Å². The van der Waals surface area contributed by atoms with Gasteiger partial charge in [-0.25, -0.2) is 4.79 Å². The van der Waals surface area contributed by atoms with Crippen molar-refractivity contribution in [3.05, 3.63) is 0 Å². The van der Waals surface area contributed by atoms with Gasteiger partial charge in [0.15, 0.2) is 0 Å². The van der Waals surface area contributed by atoms with Crippen molar-refractivity contribution in [1.82, 2.24) is 4.90 Å². The van der Waals surface area contributed by atoms with Crippen LogP contribution in [0.5, 0.6) is 0 Å². The average molecular weight is 229 g/mol. The monoisotopic (exact) mass is 229 g/mol. The molecule has 0 spiro atoms. The van der Waals surface area contributed by atoms with Crippen LogP contribution in [0.3, 0.4) is 0 Å². The Labute approximate surface area is 97.6 Å². The quantitative estimate of drug-likeness (QED) is 0.748. The normalized spacial score (nSPS) is 24.6. The van der Waals surface area contributed by atoms with Gasteiger partial charge in [-0.1, -0.05) is 13.8 Å². The lowest BCUT2D eigenvalue weighted by atomic mass is 9.91. The Morgan fingerprint density at radius 3 is 2.50 bits per heavy atom. The molecule has 0 saturated carbocycles. The summed E-state index contributed by atoms with van der Waals surface area (Å²) in [5.74, 6) is 0. The Balaban J connectivity index is 2.69. The van der Waals surface area contributed by atoms with Crippen molar-refractivity contribution in [2.75, 3.05) is 13.2 Å². The first-order chi connectivity index (χ1) is 7.14. The number of ether oxygens (including phenoxy) is 1. The van der Waals surface area contributed by atoms with Crippen LogP contribution in [0.4, 0.5) is 4.79 Å². The standard InChI is InChI=1S/C12H23NO3/c1-11(2,3)16-10(15)13-8-12(4,5)6-9(13)7-14/h9,14H,6-8H2,1-5H3/t9-/m1/s1. The maximum atomic E-state index is 11.9. The zero-order valence-electron chi connectivity index (χ0n) is 10.9. The number of rotatable bonds is 1. The van der Waals surface area contributed by atoms with Crippen LogP contribution in [0.1, 0.15) is 41.0 Å². The van der Waals surface area contributed by atoms with E-state index in [0.29, 0.717) is 6.54 Å². The largest absolute Gasteiger partial charge is 0.444 e. The fraction of sp³-hybridized carbons (Fsp3) is 0.917. The molecular formula is C12H23NO3. The number of aliphatic hydroxyl groups excluding tert-OH is 1. The van der Waals surface area contributed by atoms with Gasteiger partial charge in [-0.15, -0.1) is 0 Å². The molecule has 1 saturated heterocycles. The van der Waals surface area contributed by atoms with Crippen LogP contribution in [0.2, 0.25) is 0 Å². The second kappa shape index (κ2) is 4.24. The summed E-state index contributed by atoms with van der Waals surface area (Å²) in [5, 5.41) is 9.27. The number of likely N-dealkylation sites (tertiary alicyclic amines) is 1. The predicted molar refractivity (Wildman–Crippen MR) is 62.2 cm³/mol. The van der Waals surface area contributed by atoms with Gasteiger partial charge in [0.25, 0.3) is 0 Å². The van der Waals surface area contributed by atoms with Crippen molar-refractivity contribution < 1.29 is 14.6 Å². The molecule has 1 atom stereocenters. The number of hydrogen-bond donors (Lipinski definition) is 1. The molecule has 0 aromatic carbocycles. The molecule has 0 unspecified atom stereocenters.